The van der Waals surface area contributed by atoms with Crippen LogP contribution in [0.3, 0.4) is 0 Å². The van der Waals surface area contributed by atoms with Gasteiger partial charge in [0, 0.05) is 12.0 Å². The van der Waals surface area contributed by atoms with Gasteiger partial charge in [0.2, 0.25) is 0 Å². The number of rotatable bonds is 4. The van der Waals surface area contributed by atoms with Gasteiger partial charge in [0.05, 0.1) is 13.0 Å². The van der Waals surface area contributed by atoms with Gasteiger partial charge >= 0.3 is 11.6 Å². The molecule has 2 aliphatic carbocycles. The minimum Gasteiger partial charge on any atom is -0.469 e. The third-order valence-corrected chi connectivity index (χ3v) is 4.91. The highest BCUT2D eigenvalue weighted by Crippen LogP contribution is 2.36. The molecule has 23 heavy (non-hydrogen) atoms. The van der Waals surface area contributed by atoms with Crippen LogP contribution in [0, 0.1) is 12.8 Å². The van der Waals surface area contributed by atoms with Crippen molar-refractivity contribution in [3.05, 3.63) is 33.4 Å². The fourth-order valence-electron chi connectivity index (χ4n) is 3.15. The van der Waals surface area contributed by atoms with Crippen molar-refractivity contribution in [3.63, 3.8) is 0 Å². The fraction of sp³-hybridized carbons (Fsp3) is 0.588. The van der Waals surface area contributed by atoms with E-state index in [4.69, 9.17) is 4.42 Å². The van der Waals surface area contributed by atoms with Gasteiger partial charge in [-0.1, -0.05) is 6.42 Å². The standard InChI is InChI=1S/C17H21NO5/c1-9-6-13(10-4-3-5-10)23-17(21)14(9)15(19)18-12-7-11(8-12)16(20)22-2/h6,10-12H,3-5,7-8H2,1-2H3,(H,18,19). The Morgan fingerprint density at radius 1 is 1.30 bits per heavy atom. The molecule has 0 aromatic carbocycles. The van der Waals surface area contributed by atoms with Gasteiger partial charge in [0.25, 0.3) is 5.91 Å². The summed E-state index contributed by atoms with van der Waals surface area (Å²) in [5.41, 5.74) is 0.132. The van der Waals surface area contributed by atoms with E-state index in [-0.39, 0.29) is 23.5 Å². The van der Waals surface area contributed by atoms with Crippen molar-refractivity contribution < 1.29 is 18.7 Å². The van der Waals surface area contributed by atoms with Gasteiger partial charge < -0.3 is 14.5 Å². The van der Waals surface area contributed by atoms with Crippen molar-refractivity contribution in [2.24, 2.45) is 5.92 Å². The van der Waals surface area contributed by atoms with Crippen molar-refractivity contribution in [2.45, 2.75) is 51.0 Å². The molecule has 124 valence electrons. The van der Waals surface area contributed by atoms with Crippen LogP contribution in [-0.4, -0.2) is 25.0 Å². The number of ether oxygens (including phenoxy) is 1. The van der Waals surface area contributed by atoms with Crippen molar-refractivity contribution in [1.82, 2.24) is 5.32 Å². The van der Waals surface area contributed by atoms with E-state index < -0.39 is 11.5 Å². The van der Waals surface area contributed by atoms with Crippen LogP contribution in [0.4, 0.5) is 0 Å². The highest BCUT2D eigenvalue weighted by molar-refractivity contribution is 5.95. The Bertz CT molecular complexity index is 683. The Morgan fingerprint density at radius 2 is 2.00 bits per heavy atom. The first-order valence-corrected chi connectivity index (χ1v) is 8.03. The Labute approximate surface area is 134 Å². The number of hydrogen-bond donors (Lipinski definition) is 1. The van der Waals surface area contributed by atoms with E-state index in [1.165, 1.54) is 7.11 Å². The lowest BCUT2D eigenvalue weighted by atomic mass is 9.80. The summed E-state index contributed by atoms with van der Waals surface area (Å²) in [6.07, 6.45) is 4.31. The van der Waals surface area contributed by atoms with E-state index in [1.807, 2.05) is 0 Å². The number of nitrogens with one attached hydrogen (secondary N) is 1. The zero-order valence-corrected chi connectivity index (χ0v) is 13.4. The third kappa shape index (κ3) is 3.02. The highest BCUT2D eigenvalue weighted by atomic mass is 16.5. The maximum Gasteiger partial charge on any atom is 0.349 e. The Morgan fingerprint density at radius 3 is 2.52 bits per heavy atom. The molecule has 0 spiro atoms. The molecule has 0 radical (unpaired) electrons. The average Bonchev–Trinajstić information content (AvgIpc) is 2.38. The number of esters is 1. The molecule has 0 aliphatic heterocycles. The number of amides is 1. The van der Waals surface area contributed by atoms with Gasteiger partial charge in [0.1, 0.15) is 11.3 Å². The van der Waals surface area contributed by atoms with Gasteiger partial charge in [-0.05, 0) is 44.2 Å². The first kappa shape index (κ1) is 15.8. The molecule has 1 aromatic rings. The monoisotopic (exact) mass is 319 g/mol. The second-order valence-corrected chi connectivity index (χ2v) is 6.48. The fourth-order valence-corrected chi connectivity index (χ4v) is 3.15. The predicted molar refractivity (Wildman–Crippen MR) is 82.3 cm³/mol. The Kier molecular flexibility index (Phi) is 4.24. The summed E-state index contributed by atoms with van der Waals surface area (Å²) in [7, 11) is 1.35. The van der Waals surface area contributed by atoms with Crippen molar-refractivity contribution in [2.75, 3.05) is 7.11 Å². The molecule has 1 heterocycles. The topological polar surface area (TPSA) is 85.6 Å². The largest absolute Gasteiger partial charge is 0.469 e. The van der Waals surface area contributed by atoms with E-state index >= 15 is 0 Å². The van der Waals surface area contributed by atoms with Crippen molar-refractivity contribution in [1.29, 1.82) is 0 Å². The van der Waals surface area contributed by atoms with E-state index in [9.17, 15) is 14.4 Å². The molecule has 6 nitrogen and oxygen atoms in total. The zero-order chi connectivity index (χ0) is 16.6. The minimum atomic E-state index is -0.576. The third-order valence-electron chi connectivity index (χ3n) is 4.91. The van der Waals surface area contributed by atoms with Crippen LogP contribution >= 0.6 is 0 Å². The summed E-state index contributed by atoms with van der Waals surface area (Å²) in [4.78, 5) is 35.8. The van der Waals surface area contributed by atoms with Crippen LogP contribution in [0.5, 0.6) is 0 Å². The Hall–Kier alpha value is -2.11. The van der Waals surface area contributed by atoms with Crippen LogP contribution in [-0.2, 0) is 9.53 Å². The summed E-state index contributed by atoms with van der Waals surface area (Å²) in [6, 6.07) is 1.70. The molecule has 2 fully saturated rings. The van der Waals surface area contributed by atoms with Gasteiger partial charge in [-0.2, -0.15) is 0 Å². The maximum atomic E-state index is 12.3. The van der Waals surface area contributed by atoms with Gasteiger partial charge in [-0.3, -0.25) is 9.59 Å². The summed E-state index contributed by atoms with van der Waals surface area (Å²) in [5.74, 6) is 0.153. The molecule has 0 saturated heterocycles. The lowest BCUT2D eigenvalue weighted by Gasteiger charge is -2.33. The molecule has 3 rings (SSSR count). The number of carbonyl (C=O) groups excluding carboxylic acids is 2. The summed E-state index contributed by atoms with van der Waals surface area (Å²) >= 11 is 0. The van der Waals surface area contributed by atoms with Crippen molar-refractivity contribution in [3.8, 4) is 0 Å². The van der Waals surface area contributed by atoms with Gasteiger partial charge in [0.15, 0.2) is 0 Å². The van der Waals surface area contributed by atoms with Crippen LogP contribution in [0.2, 0.25) is 0 Å². The average molecular weight is 319 g/mol. The highest BCUT2D eigenvalue weighted by Gasteiger charge is 2.37. The zero-order valence-electron chi connectivity index (χ0n) is 13.4. The van der Waals surface area contributed by atoms with E-state index in [1.54, 1.807) is 13.0 Å². The minimum absolute atomic E-state index is 0.0644. The second-order valence-electron chi connectivity index (χ2n) is 6.48. The molecule has 2 aliphatic rings. The number of hydrogen-bond acceptors (Lipinski definition) is 5. The van der Waals surface area contributed by atoms with Crippen LogP contribution < -0.4 is 10.9 Å². The molecule has 1 N–H and O–H groups in total. The molecular weight excluding hydrogens is 298 g/mol. The lowest BCUT2D eigenvalue weighted by molar-refractivity contribution is -0.149. The molecular formula is C17H21NO5. The molecule has 2 saturated carbocycles. The smallest absolute Gasteiger partial charge is 0.349 e. The van der Waals surface area contributed by atoms with E-state index in [0.29, 0.717) is 30.1 Å². The van der Waals surface area contributed by atoms with Crippen molar-refractivity contribution >= 4 is 11.9 Å². The Balaban J connectivity index is 1.66. The lowest BCUT2D eigenvalue weighted by Crippen LogP contribution is -2.48. The normalized spacial score (nSPS) is 23.6. The van der Waals surface area contributed by atoms with E-state index in [0.717, 1.165) is 19.3 Å². The van der Waals surface area contributed by atoms with Crippen LogP contribution in [0.25, 0.3) is 0 Å². The SMILES string of the molecule is COC(=O)C1CC(NC(=O)c2c(C)cc(C3CCC3)oc2=O)C1. The summed E-state index contributed by atoms with van der Waals surface area (Å²) in [6.45, 7) is 1.76. The molecule has 6 heteroatoms. The first-order valence-electron chi connectivity index (χ1n) is 8.03. The predicted octanol–water partition coefficient (Wildman–Crippen LogP) is 1.90. The molecule has 0 atom stereocenters. The van der Waals surface area contributed by atoms with Crippen LogP contribution in [0.15, 0.2) is 15.3 Å². The molecule has 1 amide bonds. The molecule has 1 aromatic heterocycles. The second kappa shape index (κ2) is 6.18. The summed E-state index contributed by atoms with van der Waals surface area (Å²) < 4.78 is 10.00. The molecule has 0 bridgehead atoms. The maximum absolute atomic E-state index is 12.3. The van der Waals surface area contributed by atoms with Crippen LogP contribution in [0.1, 0.15) is 59.7 Å². The number of carbonyl (C=O) groups is 2. The first-order chi connectivity index (χ1) is 11.0. The quantitative estimate of drug-likeness (QED) is 0.857. The number of methoxy groups -OCH3 is 1. The summed E-state index contributed by atoms with van der Waals surface area (Å²) in [5, 5.41) is 2.79. The van der Waals surface area contributed by atoms with Gasteiger partial charge in [-0.15, -0.1) is 0 Å². The number of aryl methyl sites for hydroxylation is 1. The van der Waals surface area contributed by atoms with Gasteiger partial charge in [-0.25, -0.2) is 4.79 Å². The molecule has 0 unspecified atom stereocenters. The van der Waals surface area contributed by atoms with E-state index in [2.05, 4.69) is 10.1 Å².